The van der Waals surface area contributed by atoms with Crippen LogP contribution in [0.15, 0.2) is 24.3 Å². The molecule has 1 saturated heterocycles. The number of nitrogens with one attached hydrogen (secondary N) is 1. The van der Waals surface area contributed by atoms with E-state index in [9.17, 15) is 9.59 Å². The minimum absolute atomic E-state index is 0.0904. The number of likely N-dealkylation sites (N-methyl/N-ethyl adjacent to an activating group) is 1. The van der Waals surface area contributed by atoms with E-state index in [1.165, 1.54) is 4.90 Å². The van der Waals surface area contributed by atoms with E-state index < -0.39 is 12.1 Å². The van der Waals surface area contributed by atoms with Crippen molar-refractivity contribution < 1.29 is 19.1 Å². The second kappa shape index (κ2) is 5.60. The number of para-hydroxylation sites is 1. The third kappa shape index (κ3) is 2.78. The summed E-state index contributed by atoms with van der Waals surface area (Å²) < 4.78 is 10.00. The maximum atomic E-state index is 11.9. The fraction of sp³-hybridized carbons (Fsp3) is 0.385. The van der Waals surface area contributed by atoms with Crippen LogP contribution in [0.25, 0.3) is 0 Å². The molecule has 2 amide bonds. The number of amides is 2. The van der Waals surface area contributed by atoms with E-state index in [0.717, 1.165) is 11.3 Å². The van der Waals surface area contributed by atoms with Crippen LogP contribution in [0.3, 0.4) is 0 Å². The smallest absolute Gasteiger partial charge is 0.410 e. The van der Waals surface area contributed by atoms with E-state index in [1.54, 1.807) is 14.2 Å². The summed E-state index contributed by atoms with van der Waals surface area (Å²) in [7, 11) is 3.13. The molecule has 1 atom stereocenters. The molecule has 0 saturated carbocycles. The van der Waals surface area contributed by atoms with Crippen LogP contribution in [0.4, 0.5) is 4.79 Å². The average Bonchev–Trinajstić information content (AvgIpc) is 2.77. The van der Waals surface area contributed by atoms with Crippen molar-refractivity contribution in [1.29, 1.82) is 0 Å². The molecular formula is C13H16N2O4. The van der Waals surface area contributed by atoms with Crippen LogP contribution < -0.4 is 10.1 Å². The van der Waals surface area contributed by atoms with Gasteiger partial charge in [-0.15, -0.1) is 0 Å². The molecule has 0 spiro atoms. The van der Waals surface area contributed by atoms with Crippen LogP contribution in [0.5, 0.6) is 5.75 Å². The van der Waals surface area contributed by atoms with Crippen molar-refractivity contribution in [3.8, 4) is 5.75 Å². The SMILES string of the molecule is COc1ccccc1CNC(=O)[C@@H]1COC(=O)N1C. The topological polar surface area (TPSA) is 67.9 Å². The second-order valence-electron chi connectivity index (χ2n) is 4.23. The molecule has 1 heterocycles. The molecule has 6 nitrogen and oxygen atoms in total. The van der Waals surface area contributed by atoms with Crippen molar-refractivity contribution in [2.24, 2.45) is 0 Å². The van der Waals surface area contributed by atoms with Crippen LogP contribution in [0.1, 0.15) is 5.56 Å². The van der Waals surface area contributed by atoms with E-state index in [1.807, 2.05) is 24.3 Å². The van der Waals surface area contributed by atoms with E-state index in [0.29, 0.717) is 6.54 Å². The number of hydrogen-bond acceptors (Lipinski definition) is 4. The van der Waals surface area contributed by atoms with Gasteiger partial charge in [-0.05, 0) is 6.07 Å². The Bertz CT molecular complexity index is 489. The Labute approximate surface area is 111 Å². The molecular weight excluding hydrogens is 248 g/mol. The molecule has 1 fully saturated rings. The highest BCUT2D eigenvalue weighted by Gasteiger charge is 2.34. The highest BCUT2D eigenvalue weighted by atomic mass is 16.6. The number of rotatable bonds is 4. The summed E-state index contributed by atoms with van der Waals surface area (Å²) in [5.41, 5.74) is 0.881. The Hall–Kier alpha value is -2.24. The first kappa shape index (κ1) is 13.2. The highest BCUT2D eigenvalue weighted by Crippen LogP contribution is 2.17. The lowest BCUT2D eigenvalue weighted by Crippen LogP contribution is -2.43. The minimum atomic E-state index is -0.567. The molecule has 1 aliphatic heterocycles. The molecule has 1 aliphatic rings. The van der Waals surface area contributed by atoms with Crippen LogP contribution in [-0.4, -0.2) is 43.7 Å². The van der Waals surface area contributed by atoms with Gasteiger partial charge in [0, 0.05) is 19.2 Å². The molecule has 0 radical (unpaired) electrons. The normalized spacial score (nSPS) is 18.1. The fourth-order valence-corrected chi connectivity index (χ4v) is 1.89. The number of benzene rings is 1. The van der Waals surface area contributed by atoms with Crippen LogP contribution in [0, 0.1) is 0 Å². The maximum absolute atomic E-state index is 11.9. The van der Waals surface area contributed by atoms with Crippen molar-refractivity contribution in [3.63, 3.8) is 0 Å². The van der Waals surface area contributed by atoms with Crippen molar-refractivity contribution in [2.45, 2.75) is 12.6 Å². The third-order valence-electron chi connectivity index (χ3n) is 3.07. The second-order valence-corrected chi connectivity index (χ2v) is 4.23. The number of hydrogen-bond donors (Lipinski definition) is 1. The Morgan fingerprint density at radius 1 is 1.53 bits per heavy atom. The first-order valence-electron chi connectivity index (χ1n) is 5.92. The lowest BCUT2D eigenvalue weighted by atomic mass is 10.2. The zero-order valence-corrected chi connectivity index (χ0v) is 10.9. The molecule has 1 N–H and O–H groups in total. The van der Waals surface area contributed by atoms with Gasteiger partial charge < -0.3 is 14.8 Å². The lowest BCUT2D eigenvalue weighted by Gasteiger charge is -2.16. The predicted molar refractivity (Wildman–Crippen MR) is 67.7 cm³/mol. The standard InChI is InChI=1S/C13H16N2O4/c1-15-10(8-19-13(15)17)12(16)14-7-9-5-3-4-6-11(9)18-2/h3-6,10H,7-8H2,1-2H3,(H,14,16)/t10-/m0/s1. The fourth-order valence-electron chi connectivity index (χ4n) is 1.89. The summed E-state index contributed by atoms with van der Waals surface area (Å²) in [5, 5.41) is 2.77. The van der Waals surface area contributed by atoms with Gasteiger partial charge >= 0.3 is 6.09 Å². The van der Waals surface area contributed by atoms with Gasteiger partial charge in [0.25, 0.3) is 0 Å². The molecule has 6 heteroatoms. The van der Waals surface area contributed by atoms with E-state index in [2.05, 4.69) is 5.32 Å². The van der Waals surface area contributed by atoms with Gasteiger partial charge in [-0.3, -0.25) is 9.69 Å². The molecule has 1 aromatic carbocycles. The highest BCUT2D eigenvalue weighted by molar-refractivity contribution is 5.87. The quantitative estimate of drug-likeness (QED) is 0.872. The molecule has 0 unspecified atom stereocenters. The summed E-state index contributed by atoms with van der Waals surface area (Å²) in [6, 6.07) is 6.87. The van der Waals surface area contributed by atoms with Gasteiger partial charge in [0.2, 0.25) is 5.91 Å². The van der Waals surface area contributed by atoms with Crippen LogP contribution in [-0.2, 0) is 16.1 Å². The zero-order valence-electron chi connectivity index (χ0n) is 10.9. The Morgan fingerprint density at radius 2 is 2.26 bits per heavy atom. The first-order chi connectivity index (χ1) is 9.13. The Balaban J connectivity index is 1.95. The molecule has 0 aromatic heterocycles. The monoisotopic (exact) mass is 264 g/mol. The summed E-state index contributed by atoms with van der Waals surface area (Å²) in [6.45, 7) is 0.439. The summed E-state index contributed by atoms with van der Waals surface area (Å²) >= 11 is 0. The molecule has 2 rings (SSSR count). The molecule has 102 valence electrons. The third-order valence-corrected chi connectivity index (χ3v) is 3.07. The van der Waals surface area contributed by atoms with Crippen LogP contribution in [0.2, 0.25) is 0 Å². The molecule has 0 aliphatic carbocycles. The summed E-state index contributed by atoms with van der Waals surface area (Å²) in [6.07, 6.45) is -0.475. The lowest BCUT2D eigenvalue weighted by molar-refractivity contribution is -0.124. The Morgan fingerprint density at radius 3 is 2.89 bits per heavy atom. The molecule has 19 heavy (non-hydrogen) atoms. The van der Waals surface area contributed by atoms with Gasteiger partial charge in [-0.1, -0.05) is 18.2 Å². The molecule has 0 bridgehead atoms. The Kier molecular flexibility index (Phi) is 3.89. The molecule has 1 aromatic rings. The number of methoxy groups -OCH3 is 1. The zero-order chi connectivity index (χ0) is 13.8. The predicted octanol–water partition coefficient (Wildman–Crippen LogP) is 0.762. The first-order valence-corrected chi connectivity index (χ1v) is 5.92. The average molecular weight is 264 g/mol. The van der Waals surface area contributed by atoms with Crippen molar-refractivity contribution in [2.75, 3.05) is 20.8 Å². The summed E-state index contributed by atoms with van der Waals surface area (Å²) in [4.78, 5) is 24.4. The minimum Gasteiger partial charge on any atom is -0.496 e. The summed E-state index contributed by atoms with van der Waals surface area (Å²) in [5.74, 6) is 0.481. The van der Waals surface area contributed by atoms with E-state index >= 15 is 0 Å². The number of nitrogens with zero attached hydrogens (tertiary/aromatic N) is 1. The van der Waals surface area contributed by atoms with Crippen molar-refractivity contribution in [3.05, 3.63) is 29.8 Å². The van der Waals surface area contributed by atoms with Gasteiger partial charge in [0.05, 0.1) is 7.11 Å². The van der Waals surface area contributed by atoms with E-state index in [-0.39, 0.29) is 12.5 Å². The number of cyclic esters (lactones) is 1. The van der Waals surface area contributed by atoms with E-state index in [4.69, 9.17) is 9.47 Å². The van der Waals surface area contributed by atoms with Gasteiger partial charge in [0.1, 0.15) is 18.4 Å². The van der Waals surface area contributed by atoms with Crippen molar-refractivity contribution >= 4 is 12.0 Å². The van der Waals surface area contributed by atoms with Gasteiger partial charge in [-0.2, -0.15) is 0 Å². The largest absolute Gasteiger partial charge is 0.496 e. The maximum Gasteiger partial charge on any atom is 0.410 e. The van der Waals surface area contributed by atoms with Gasteiger partial charge in [-0.25, -0.2) is 4.79 Å². The number of carbonyl (C=O) groups excluding carboxylic acids is 2. The number of carbonyl (C=O) groups is 2. The van der Waals surface area contributed by atoms with Crippen molar-refractivity contribution in [1.82, 2.24) is 10.2 Å². The van der Waals surface area contributed by atoms with Crippen LogP contribution >= 0.6 is 0 Å². The van der Waals surface area contributed by atoms with Gasteiger partial charge in [0.15, 0.2) is 0 Å². The number of ether oxygens (including phenoxy) is 2.